The van der Waals surface area contributed by atoms with Crippen molar-refractivity contribution >= 4 is 34.2 Å². The van der Waals surface area contributed by atoms with Crippen LogP contribution in [-0.4, -0.2) is 24.2 Å². The third-order valence-electron chi connectivity index (χ3n) is 3.19. The third kappa shape index (κ3) is 3.47. The number of furan rings is 1. The van der Waals surface area contributed by atoms with Crippen molar-refractivity contribution in [2.75, 3.05) is 18.5 Å². The Hall–Kier alpha value is -2.50. The van der Waals surface area contributed by atoms with Crippen LogP contribution in [0.1, 0.15) is 10.6 Å². The lowest BCUT2D eigenvalue weighted by atomic mass is 10.2. The maximum absolute atomic E-state index is 12.2. The van der Waals surface area contributed by atoms with Gasteiger partial charge in [-0.15, -0.1) is 0 Å². The van der Waals surface area contributed by atoms with Gasteiger partial charge in [0.15, 0.2) is 11.3 Å². The summed E-state index contributed by atoms with van der Waals surface area (Å²) in [7, 11) is 0. The maximum atomic E-state index is 12.2. The molecule has 0 aliphatic rings. The number of aliphatic hydroxyl groups excluding tert-OH is 1. The van der Waals surface area contributed by atoms with Crippen molar-refractivity contribution in [3.05, 3.63) is 59.3 Å². The topological polar surface area (TPSA) is 71.7 Å². The third-order valence-corrected chi connectivity index (χ3v) is 3.49. The van der Waals surface area contributed by atoms with Gasteiger partial charge in [0, 0.05) is 11.1 Å². The molecule has 1 amide bonds. The first-order valence-electron chi connectivity index (χ1n) is 7.00. The average molecular weight is 332 g/mol. The molecule has 6 heteroatoms. The van der Waals surface area contributed by atoms with Crippen molar-refractivity contribution < 1.29 is 19.1 Å². The molecule has 0 fully saturated rings. The maximum Gasteiger partial charge on any atom is 0.291 e. The molecule has 0 atom stereocenters. The lowest BCUT2D eigenvalue weighted by Crippen LogP contribution is -2.10. The van der Waals surface area contributed by atoms with Crippen molar-refractivity contribution in [2.24, 2.45) is 0 Å². The summed E-state index contributed by atoms with van der Waals surface area (Å²) in [6, 6.07) is 13.8. The van der Waals surface area contributed by atoms with Gasteiger partial charge in [0.05, 0.1) is 11.6 Å². The largest absolute Gasteiger partial charge is 0.491 e. The van der Waals surface area contributed by atoms with Crippen LogP contribution in [0.15, 0.2) is 52.9 Å². The second-order valence-corrected chi connectivity index (χ2v) is 5.23. The van der Waals surface area contributed by atoms with Crippen molar-refractivity contribution in [2.45, 2.75) is 0 Å². The van der Waals surface area contributed by atoms with Gasteiger partial charge in [0.25, 0.3) is 5.91 Å². The zero-order valence-electron chi connectivity index (χ0n) is 12.1. The minimum Gasteiger partial charge on any atom is -0.491 e. The zero-order valence-corrected chi connectivity index (χ0v) is 12.8. The van der Waals surface area contributed by atoms with Crippen LogP contribution < -0.4 is 10.1 Å². The molecule has 0 unspecified atom stereocenters. The normalized spacial score (nSPS) is 10.7. The fraction of sp³-hybridized carbons (Fsp3) is 0.118. The average Bonchev–Trinajstić information content (AvgIpc) is 3.00. The lowest BCUT2D eigenvalue weighted by molar-refractivity contribution is 0.0998. The number of halogens is 1. The molecule has 5 nitrogen and oxygen atoms in total. The Kier molecular flexibility index (Phi) is 4.50. The molecule has 0 saturated carbocycles. The number of aliphatic hydroxyl groups is 1. The Labute approximate surface area is 137 Å². The smallest absolute Gasteiger partial charge is 0.291 e. The van der Waals surface area contributed by atoms with Gasteiger partial charge in [-0.1, -0.05) is 23.7 Å². The summed E-state index contributed by atoms with van der Waals surface area (Å²) in [6.07, 6.45) is 0. The summed E-state index contributed by atoms with van der Waals surface area (Å²) >= 11 is 6.04. The molecule has 0 aliphatic heterocycles. The molecule has 23 heavy (non-hydrogen) atoms. The van der Waals surface area contributed by atoms with Gasteiger partial charge in [-0.05, 0) is 36.4 Å². The standard InChI is InChI=1S/C17H14ClNO4/c18-14-3-1-2-11-10-15(23-16(11)14)17(21)19-12-4-6-13(7-5-12)22-9-8-20/h1-7,10,20H,8-9H2,(H,19,21). The first kappa shape index (κ1) is 15.4. The first-order valence-corrected chi connectivity index (χ1v) is 7.38. The number of rotatable bonds is 5. The quantitative estimate of drug-likeness (QED) is 0.747. The van der Waals surface area contributed by atoms with Crippen molar-refractivity contribution in [3.63, 3.8) is 0 Å². The molecule has 0 saturated heterocycles. The number of ether oxygens (including phenoxy) is 1. The van der Waals surface area contributed by atoms with E-state index in [-0.39, 0.29) is 24.9 Å². The highest BCUT2D eigenvalue weighted by atomic mass is 35.5. The van der Waals surface area contributed by atoms with E-state index in [1.54, 1.807) is 42.5 Å². The number of anilines is 1. The van der Waals surface area contributed by atoms with Gasteiger partial charge < -0.3 is 19.6 Å². The van der Waals surface area contributed by atoms with E-state index in [2.05, 4.69) is 5.32 Å². The van der Waals surface area contributed by atoms with E-state index in [9.17, 15) is 4.79 Å². The minimum atomic E-state index is -0.360. The summed E-state index contributed by atoms with van der Waals surface area (Å²) in [5, 5.41) is 12.7. The highest BCUT2D eigenvalue weighted by molar-refractivity contribution is 6.34. The molecule has 0 radical (unpaired) electrons. The molecule has 2 N–H and O–H groups in total. The predicted octanol–water partition coefficient (Wildman–Crippen LogP) is 3.71. The fourth-order valence-corrected chi connectivity index (χ4v) is 2.35. The van der Waals surface area contributed by atoms with Crippen LogP contribution in [0.3, 0.4) is 0 Å². The van der Waals surface area contributed by atoms with Crippen LogP contribution in [0.5, 0.6) is 5.75 Å². The van der Waals surface area contributed by atoms with E-state index in [1.807, 2.05) is 6.07 Å². The van der Waals surface area contributed by atoms with Gasteiger partial charge >= 0.3 is 0 Å². The molecule has 1 aromatic heterocycles. The van der Waals surface area contributed by atoms with E-state index >= 15 is 0 Å². The number of benzene rings is 2. The summed E-state index contributed by atoms with van der Waals surface area (Å²) in [4.78, 5) is 12.2. The van der Waals surface area contributed by atoms with Crippen LogP contribution in [0.2, 0.25) is 5.02 Å². The molecule has 3 rings (SSSR count). The first-order chi connectivity index (χ1) is 11.2. The van der Waals surface area contributed by atoms with E-state index in [0.29, 0.717) is 22.0 Å². The van der Waals surface area contributed by atoms with Crippen molar-refractivity contribution in [3.8, 4) is 5.75 Å². The summed E-state index contributed by atoms with van der Waals surface area (Å²) in [5.41, 5.74) is 1.10. The van der Waals surface area contributed by atoms with Gasteiger partial charge in [-0.3, -0.25) is 4.79 Å². The highest BCUT2D eigenvalue weighted by Crippen LogP contribution is 2.27. The number of hydrogen-bond donors (Lipinski definition) is 2. The number of amides is 1. The number of carbonyl (C=O) groups excluding carboxylic acids is 1. The number of para-hydroxylation sites is 1. The summed E-state index contributed by atoms with van der Waals surface area (Å²) in [6.45, 7) is 0.179. The van der Waals surface area contributed by atoms with E-state index in [4.69, 9.17) is 25.9 Å². The van der Waals surface area contributed by atoms with Gasteiger partial charge in [-0.2, -0.15) is 0 Å². The predicted molar refractivity (Wildman–Crippen MR) is 88.2 cm³/mol. The Balaban J connectivity index is 1.73. The molecule has 0 aliphatic carbocycles. The molecular formula is C17H14ClNO4. The molecule has 118 valence electrons. The van der Waals surface area contributed by atoms with E-state index < -0.39 is 0 Å². The van der Waals surface area contributed by atoms with Gasteiger partial charge in [-0.25, -0.2) is 0 Å². The van der Waals surface area contributed by atoms with Crippen molar-refractivity contribution in [1.29, 1.82) is 0 Å². The zero-order chi connectivity index (χ0) is 16.2. The van der Waals surface area contributed by atoms with Crippen LogP contribution in [0.4, 0.5) is 5.69 Å². The molecule has 3 aromatic rings. The molecule has 0 spiro atoms. The van der Waals surface area contributed by atoms with Crippen LogP contribution in [0.25, 0.3) is 11.0 Å². The number of nitrogens with one attached hydrogen (secondary N) is 1. The van der Waals surface area contributed by atoms with Crippen LogP contribution in [-0.2, 0) is 0 Å². The van der Waals surface area contributed by atoms with Gasteiger partial charge in [0.2, 0.25) is 0 Å². The Morgan fingerprint density at radius 1 is 1.22 bits per heavy atom. The van der Waals surface area contributed by atoms with Crippen molar-refractivity contribution in [1.82, 2.24) is 0 Å². The fourth-order valence-electron chi connectivity index (χ4n) is 2.13. The van der Waals surface area contributed by atoms with Gasteiger partial charge in [0.1, 0.15) is 12.4 Å². The second kappa shape index (κ2) is 6.73. The molecule has 1 heterocycles. The summed E-state index contributed by atoms with van der Waals surface area (Å²) in [5.74, 6) is 0.447. The summed E-state index contributed by atoms with van der Waals surface area (Å²) < 4.78 is 10.8. The Bertz CT molecular complexity index is 826. The lowest BCUT2D eigenvalue weighted by Gasteiger charge is -2.06. The minimum absolute atomic E-state index is 0.0485. The van der Waals surface area contributed by atoms with Crippen LogP contribution >= 0.6 is 11.6 Å². The van der Waals surface area contributed by atoms with E-state index in [0.717, 1.165) is 5.39 Å². The SMILES string of the molecule is O=C(Nc1ccc(OCCO)cc1)c1cc2cccc(Cl)c2o1. The molecule has 0 bridgehead atoms. The molecular weight excluding hydrogens is 318 g/mol. The second-order valence-electron chi connectivity index (χ2n) is 4.82. The monoisotopic (exact) mass is 331 g/mol. The Morgan fingerprint density at radius 2 is 2.00 bits per heavy atom. The van der Waals surface area contributed by atoms with E-state index in [1.165, 1.54) is 0 Å². The molecule has 2 aromatic carbocycles. The Morgan fingerprint density at radius 3 is 2.70 bits per heavy atom. The highest BCUT2D eigenvalue weighted by Gasteiger charge is 2.14. The number of hydrogen-bond acceptors (Lipinski definition) is 4. The number of carbonyl (C=O) groups is 1. The van der Waals surface area contributed by atoms with Crippen LogP contribution in [0, 0.1) is 0 Å². The number of fused-ring (bicyclic) bond motifs is 1.